The van der Waals surface area contributed by atoms with Gasteiger partial charge in [0, 0.05) is 11.4 Å². The summed E-state index contributed by atoms with van der Waals surface area (Å²) in [6.45, 7) is 2.55. The van der Waals surface area contributed by atoms with Crippen molar-refractivity contribution in [1.29, 1.82) is 0 Å². The lowest BCUT2D eigenvalue weighted by Gasteiger charge is -2.03. The average Bonchev–Trinajstić information content (AvgIpc) is 2.95. The Morgan fingerprint density at radius 1 is 0.905 bits per heavy atom. The molecule has 0 saturated heterocycles. The van der Waals surface area contributed by atoms with Crippen LogP contribution in [0.1, 0.15) is 11.5 Å². The van der Waals surface area contributed by atoms with Crippen molar-refractivity contribution in [2.24, 2.45) is 0 Å². The second kappa shape index (κ2) is 6.09. The summed E-state index contributed by atoms with van der Waals surface area (Å²) < 4.78 is 5.54. The number of aromatic nitrogens is 2. The molecule has 0 radical (unpaired) electrons. The van der Waals surface area contributed by atoms with Gasteiger partial charge in [0.2, 0.25) is 5.89 Å². The van der Waals surface area contributed by atoms with Crippen molar-refractivity contribution < 1.29 is 4.42 Å². The highest BCUT2D eigenvalue weighted by Crippen LogP contribution is 2.15. The molecule has 0 amide bonds. The molecule has 0 fully saturated rings. The quantitative estimate of drug-likeness (QED) is 0.745. The van der Waals surface area contributed by atoms with Gasteiger partial charge >= 0.3 is 6.01 Å². The Morgan fingerprint density at radius 2 is 1.67 bits per heavy atom. The molecule has 0 aliphatic heterocycles. The molecule has 0 saturated carbocycles. The summed E-state index contributed by atoms with van der Waals surface area (Å²) in [5, 5.41) is 14.3. The van der Waals surface area contributed by atoms with Gasteiger partial charge in [-0.3, -0.25) is 0 Å². The van der Waals surface area contributed by atoms with Crippen LogP contribution in [-0.2, 0) is 6.54 Å². The minimum Gasteiger partial charge on any atom is -0.406 e. The highest BCUT2D eigenvalue weighted by atomic mass is 16.4. The molecule has 0 unspecified atom stereocenters. The molecule has 21 heavy (non-hydrogen) atoms. The number of rotatable bonds is 5. The van der Waals surface area contributed by atoms with Crippen LogP contribution >= 0.6 is 0 Å². The van der Waals surface area contributed by atoms with Gasteiger partial charge < -0.3 is 15.1 Å². The molecule has 1 aromatic heterocycles. The molecular weight excluding hydrogens is 264 g/mol. The monoisotopic (exact) mass is 280 g/mol. The van der Waals surface area contributed by atoms with E-state index in [4.69, 9.17) is 4.42 Å². The molecule has 0 aliphatic carbocycles. The number of hydrogen-bond acceptors (Lipinski definition) is 5. The molecule has 1 heterocycles. The van der Waals surface area contributed by atoms with E-state index in [1.54, 1.807) is 0 Å². The number of hydrogen-bond donors (Lipinski definition) is 2. The second-order valence-corrected chi connectivity index (χ2v) is 4.71. The van der Waals surface area contributed by atoms with Crippen LogP contribution in [0.5, 0.6) is 0 Å². The van der Waals surface area contributed by atoms with E-state index < -0.39 is 0 Å². The van der Waals surface area contributed by atoms with Gasteiger partial charge in [-0.2, -0.15) is 0 Å². The lowest BCUT2D eigenvalue weighted by Crippen LogP contribution is -1.99. The van der Waals surface area contributed by atoms with Crippen LogP contribution in [0.2, 0.25) is 0 Å². The smallest absolute Gasteiger partial charge is 0.320 e. The first-order valence-corrected chi connectivity index (χ1v) is 6.74. The van der Waals surface area contributed by atoms with Crippen LogP contribution in [0.3, 0.4) is 0 Å². The summed E-state index contributed by atoms with van der Waals surface area (Å²) in [7, 11) is 0. The van der Waals surface area contributed by atoms with Crippen LogP contribution in [0.15, 0.2) is 59.0 Å². The van der Waals surface area contributed by atoms with Gasteiger partial charge in [-0.25, -0.2) is 0 Å². The highest BCUT2D eigenvalue weighted by molar-refractivity contribution is 5.51. The second-order valence-electron chi connectivity index (χ2n) is 4.71. The molecule has 3 aromatic rings. The van der Waals surface area contributed by atoms with E-state index in [0.717, 1.165) is 11.4 Å². The molecule has 0 spiro atoms. The third-order valence-electron chi connectivity index (χ3n) is 2.99. The summed E-state index contributed by atoms with van der Waals surface area (Å²) >= 11 is 0. The van der Waals surface area contributed by atoms with E-state index >= 15 is 0 Å². The fraction of sp³-hybridized carbons (Fsp3) is 0.125. The Balaban J connectivity index is 1.59. The molecule has 0 bridgehead atoms. The molecule has 5 heteroatoms. The number of benzene rings is 2. The van der Waals surface area contributed by atoms with Crippen LogP contribution < -0.4 is 10.6 Å². The third kappa shape index (κ3) is 3.60. The maximum atomic E-state index is 5.54. The Morgan fingerprint density at radius 3 is 2.43 bits per heavy atom. The molecule has 2 N–H and O–H groups in total. The maximum absolute atomic E-state index is 5.54. The van der Waals surface area contributed by atoms with E-state index in [1.165, 1.54) is 5.56 Å². The maximum Gasteiger partial charge on any atom is 0.320 e. The fourth-order valence-corrected chi connectivity index (χ4v) is 1.87. The van der Waals surface area contributed by atoms with Gasteiger partial charge in [-0.15, -0.1) is 5.10 Å². The number of aryl methyl sites for hydroxylation is 1. The zero-order chi connectivity index (χ0) is 14.5. The summed E-state index contributed by atoms with van der Waals surface area (Å²) in [6.07, 6.45) is 0. The zero-order valence-corrected chi connectivity index (χ0v) is 11.7. The van der Waals surface area contributed by atoms with E-state index in [9.17, 15) is 0 Å². The predicted molar refractivity (Wildman–Crippen MR) is 82.5 cm³/mol. The number of nitrogens with zero attached hydrogens (tertiary/aromatic N) is 2. The van der Waals surface area contributed by atoms with E-state index in [2.05, 4.69) is 39.9 Å². The predicted octanol–water partition coefficient (Wildman–Crippen LogP) is 3.73. The molecular formula is C16H16N4O. The summed E-state index contributed by atoms with van der Waals surface area (Å²) in [5.74, 6) is 0.536. The van der Waals surface area contributed by atoms with E-state index in [1.807, 2.05) is 42.5 Å². The first kappa shape index (κ1) is 13.2. The molecule has 0 atom stereocenters. The SMILES string of the molecule is Cc1ccc(NCc2nnc(Nc3ccccc3)o2)cc1. The lowest BCUT2D eigenvalue weighted by molar-refractivity contribution is 0.518. The summed E-state index contributed by atoms with van der Waals surface area (Å²) in [4.78, 5) is 0. The minimum atomic E-state index is 0.391. The zero-order valence-electron chi connectivity index (χ0n) is 11.7. The standard InChI is InChI=1S/C16H16N4O/c1-12-7-9-13(10-8-12)17-11-15-19-20-16(21-15)18-14-5-3-2-4-6-14/h2-10,17H,11H2,1H3,(H,18,20). The van der Waals surface area contributed by atoms with E-state index in [0.29, 0.717) is 18.5 Å². The van der Waals surface area contributed by atoms with E-state index in [-0.39, 0.29) is 0 Å². The average molecular weight is 280 g/mol. The largest absolute Gasteiger partial charge is 0.406 e. The van der Waals surface area contributed by atoms with Gasteiger partial charge in [0.25, 0.3) is 0 Å². The first-order chi connectivity index (χ1) is 10.3. The minimum absolute atomic E-state index is 0.391. The van der Waals surface area contributed by atoms with Crippen molar-refractivity contribution in [3.05, 3.63) is 66.1 Å². The molecule has 0 aliphatic rings. The summed E-state index contributed by atoms with van der Waals surface area (Å²) in [5.41, 5.74) is 3.17. The molecule has 3 rings (SSSR count). The van der Waals surface area contributed by atoms with Crippen molar-refractivity contribution in [3.8, 4) is 0 Å². The molecule has 5 nitrogen and oxygen atoms in total. The molecule has 2 aromatic carbocycles. The van der Waals surface area contributed by atoms with Gasteiger partial charge in [-0.1, -0.05) is 41.0 Å². The van der Waals surface area contributed by atoms with Crippen molar-refractivity contribution in [3.63, 3.8) is 0 Å². The van der Waals surface area contributed by atoms with Crippen molar-refractivity contribution in [1.82, 2.24) is 10.2 Å². The summed E-state index contributed by atoms with van der Waals surface area (Å²) in [6, 6.07) is 18.3. The first-order valence-electron chi connectivity index (χ1n) is 6.74. The Labute approximate surface area is 123 Å². The Kier molecular flexibility index (Phi) is 3.82. The van der Waals surface area contributed by atoms with Crippen molar-refractivity contribution >= 4 is 17.4 Å². The van der Waals surface area contributed by atoms with Gasteiger partial charge in [0.15, 0.2) is 0 Å². The Hall–Kier alpha value is -2.82. The lowest BCUT2D eigenvalue weighted by atomic mass is 10.2. The highest BCUT2D eigenvalue weighted by Gasteiger charge is 2.05. The number of para-hydroxylation sites is 1. The van der Waals surface area contributed by atoms with Crippen LogP contribution in [0.4, 0.5) is 17.4 Å². The normalized spacial score (nSPS) is 10.3. The van der Waals surface area contributed by atoms with Crippen molar-refractivity contribution in [2.75, 3.05) is 10.6 Å². The Bertz CT molecular complexity index is 692. The van der Waals surface area contributed by atoms with Gasteiger partial charge in [-0.05, 0) is 31.2 Å². The molecule has 106 valence electrons. The van der Waals surface area contributed by atoms with Crippen LogP contribution in [0.25, 0.3) is 0 Å². The van der Waals surface area contributed by atoms with Crippen LogP contribution in [-0.4, -0.2) is 10.2 Å². The van der Waals surface area contributed by atoms with Crippen molar-refractivity contribution in [2.45, 2.75) is 13.5 Å². The fourth-order valence-electron chi connectivity index (χ4n) is 1.87. The number of nitrogens with one attached hydrogen (secondary N) is 2. The van der Waals surface area contributed by atoms with Crippen LogP contribution in [0, 0.1) is 6.92 Å². The van der Waals surface area contributed by atoms with Gasteiger partial charge in [0.05, 0.1) is 6.54 Å². The van der Waals surface area contributed by atoms with Gasteiger partial charge in [0.1, 0.15) is 0 Å². The topological polar surface area (TPSA) is 63.0 Å². The third-order valence-corrected chi connectivity index (χ3v) is 2.99. The number of anilines is 3.